The van der Waals surface area contributed by atoms with Gasteiger partial charge in [0.2, 0.25) is 0 Å². The van der Waals surface area contributed by atoms with Crippen molar-refractivity contribution in [2.24, 2.45) is 0 Å². The summed E-state index contributed by atoms with van der Waals surface area (Å²) in [6.07, 6.45) is 0. The molecule has 0 fully saturated rings. The van der Waals surface area contributed by atoms with Crippen molar-refractivity contribution in [2.45, 2.75) is 14.4 Å². The quantitative estimate of drug-likeness (QED) is 0.176. The van der Waals surface area contributed by atoms with E-state index in [0.29, 0.717) is 50.6 Å². The Kier molecular flexibility index (Phi) is 8.90. The van der Waals surface area contributed by atoms with Crippen molar-refractivity contribution in [3.05, 3.63) is 160 Å². The molecule has 0 saturated carbocycles. The zero-order valence-electron chi connectivity index (χ0n) is 22.1. The van der Waals surface area contributed by atoms with Crippen molar-refractivity contribution in [3.8, 4) is 17.2 Å². The van der Waals surface area contributed by atoms with Crippen LogP contribution < -0.4 is 9.47 Å². The molecule has 0 bridgehead atoms. The Morgan fingerprint density at radius 3 is 0.951 bits per heavy atom. The van der Waals surface area contributed by atoms with E-state index in [2.05, 4.69) is 0 Å². The van der Waals surface area contributed by atoms with Gasteiger partial charge in [0.25, 0.3) is 0 Å². The normalized spacial score (nSPS) is 10.3. The number of carbonyl (C=O) groups excluding carboxylic acids is 3. The van der Waals surface area contributed by atoms with Crippen LogP contribution in [-0.4, -0.2) is 24.5 Å². The van der Waals surface area contributed by atoms with E-state index in [4.69, 9.17) is 9.47 Å². The van der Waals surface area contributed by atoms with Crippen LogP contribution >= 0.6 is 0 Å². The molecule has 41 heavy (non-hydrogen) atoms. The molecule has 0 atom stereocenters. The van der Waals surface area contributed by atoms with Gasteiger partial charge in [-0.15, -0.1) is 0 Å². The van der Waals surface area contributed by atoms with E-state index in [-0.39, 0.29) is 24.8 Å². The van der Waals surface area contributed by atoms with E-state index in [9.17, 15) is 14.4 Å². The summed E-state index contributed by atoms with van der Waals surface area (Å²) in [5.74, 6) is 1.49. The van der Waals surface area contributed by atoms with Gasteiger partial charge in [-0.05, 0) is 79.7 Å². The van der Waals surface area contributed by atoms with Crippen LogP contribution in [0, 0.1) is 6.92 Å². The summed E-state index contributed by atoms with van der Waals surface area (Å²) in [7, 11) is 1.58. The first kappa shape index (κ1) is 28.7. The average Bonchev–Trinajstić information content (AvgIpc) is 3.01. The first-order valence-corrected chi connectivity index (χ1v) is 12.7. The first-order valence-electron chi connectivity index (χ1n) is 12.7. The summed E-state index contributed by atoms with van der Waals surface area (Å²) < 4.78 is 11.0. The number of hydrogen-bond donors (Lipinski definition) is 0. The topological polar surface area (TPSA) is 69.7 Å². The van der Waals surface area contributed by atoms with E-state index in [1.54, 1.807) is 116 Å². The standard InChI is InChI=1S/C35H26O5.CH4/c1-23-3-5-24(6-4-23)33(36)25-7-9-26(10-8-25)34(37)28-13-19-31(20-14-28)40-32-21-15-29(16-22-32)35(38)27-11-17-30(39-2)18-12-27;/h3-22H,1-2H3;1H4. The van der Waals surface area contributed by atoms with Crippen LogP contribution in [0.4, 0.5) is 0 Å². The molecule has 0 aliphatic heterocycles. The molecule has 0 spiro atoms. The van der Waals surface area contributed by atoms with Gasteiger partial charge in [-0.2, -0.15) is 0 Å². The SMILES string of the molecule is C.COc1ccc(C(=O)c2ccc(Oc3ccc(C(=O)c4ccc(C(=O)c5ccc(C)cc5)cc4)cc3)cc2)cc1. The van der Waals surface area contributed by atoms with Crippen molar-refractivity contribution in [2.75, 3.05) is 7.11 Å². The van der Waals surface area contributed by atoms with Gasteiger partial charge in [-0.1, -0.05) is 61.5 Å². The Labute approximate surface area is 240 Å². The summed E-state index contributed by atoms with van der Waals surface area (Å²) in [5, 5.41) is 0. The predicted octanol–water partition coefficient (Wildman–Crippen LogP) is 8.13. The molecular formula is C36H30O5. The number of aryl methyl sites for hydroxylation is 1. The third-order valence-corrected chi connectivity index (χ3v) is 6.54. The summed E-state index contributed by atoms with van der Waals surface area (Å²) in [6.45, 7) is 1.97. The highest BCUT2D eigenvalue weighted by Crippen LogP contribution is 2.24. The van der Waals surface area contributed by atoms with Gasteiger partial charge in [0.1, 0.15) is 17.2 Å². The van der Waals surface area contributed by atoms with Crippen molar-refractivity contribution < 1.29 is 23.9 Å². The Balaban J connectivity index is 0.00000387. The van der Waals surface area contributed by atoms with Crippen LogP contribution in [0.15, 0.2) is 121 Å². The predicted molar refractivity (Wildman–Crippen MR) is 161 cm³/mol. The number of methoxy groups -OCH3 is 1. The van der Waals surface area contributed by atoms with Crippen molar-refractivity contribution in [1.82, 2.24) is 0 Å². The maximum absolute atomic E-state index is 13.0. The zero-order chi connectivity index (χ0) is 28.1. The highest BCUT2D eigenvalue weighted by molar-refractivity contribution is 6.12. The average molecular weight is 543 g/mol. The molecule has 5 nitrogen and oxygen atoms in total. The summed E-state index contributed by atoms with van der Waals surface area (Å²) in [6, 6.07) is 34.8. The van der Waals surface area contributed by atoms with Crippen molar-refractivity contribution in [3.63, 3.8) is 0 Å². The Morgan fingerprint density at radius 2 is 0.659 bits per heavy atom. The third-order valence-electron chi connectivity index (χ3n) is 6.54. The summed E-state index contributed by atoms with van der Waals surface area (Å²) in [5.41, 5.74) is 4.34. The minimum Gasteiger partial charge on any atom is -0.497 e. The van der Waals surface area contributed by atoms with Gasteiger partial charge in [0.15, 0.2) is 17.3 Å². The molecule has 0 aliphatic rings. The van der Waals surface area contributed by atoms with Crippen molar-refractivity contribution in [1.29, 1.82) is 0 Å². The fourth-order valence-corrected chi connectivity index (χ4v) is 4.21. The van der Waals surface area contributed by atoms with Gasteiger partial charge in [-0.25, -0.2) is 0 Å². The van der Waals surface area contributed by atoms with Gasteiger partial charge in [0, 0.05) is 33.4 Å². The number of rotatable bonds is 9. The van der Waals surface area contributed by atoms with E-state index < -0.39 is 0 Å². The molecule has 0 N–H and O–H groups in total. The molecule has 0 saturated heterocycles. The molecule has 0 unspecified atom stereocenters. The molecule has 5 heteroatoms. The van der Waals surface area contributed by atoms with Gasteiger partial charge >= 0.3 is 0 Å². The second-order valence-corrected chi connectivity index (χ2v) is 9.31. The maximum Gasteiger partial charge on any atom is 0.193 e. The van der Waals surface area contributed by atoms with E-state index >= 15 is 0 Å². The number of hydrogen-bond acceptors (Lipinski definition) is 5. The number of ketones is 3. The minimum absolute atomic E-state index is 0. The van der Waals surface area contributed by atoms with Crippen molar-refractivity contribution >= 4 is 17.3 Å². The summed E-state index contributed by atoms with van der Waals surface area (Å²) in [4.78, 5) is 38.4. The highest BCUT2D eigenvalue weighted by atomic mass is 16.5. The molecule has 5 aromatic rings. The lowest BCUT2D eigenvalue weighted by atomic mass is 9.98. The molecule has 0 amide bonds. The van der Waals surface area contributed by atoms with Crippen LogP contribution in [0.25, 0.3) is 0 Å². The molecule has 5 aromatic carbocycles. The first-order chi connectivity index (χ1) is 19.4. The van der Waals surface area contributed by atoms with Gasteiger partial charge in [0.05, 0.1) is 7.11 Å². The van der Waals surface area contributed by atoms with Gasteiger partial charge in [-0.3, -0.25) is 14.4 Å². The Morgan fingerprint density at radius 1 is 0.415 bits per heavy atom. The second-order valence-electron chi connectivity index (χ2n) is 9.31. The molecule has 0 heterocycles. The van der Waals surface area contributed by atoms with Gasteiger partial charge < -0.3 is 9.47 Å². The molecule has 0 aliphatic carbocycles. The Bertz CT molecular complexity index is 1650. The smallest absolute Gasteiger partial charge is 0.193 e. The molecule has 0 aromatic heterocycles. The highest BCUT2D eigenvalue weighted by Gasteiger charge is 2.13. The number of benzene rings is 5. The van der Waals surface area contributed by atoms with E-state index in [1.165, 1.54) is 0 Å². The third kappa shape index (κ3) is 6.65. The second kappa shape index (κ2) is 12.7. The lowest BCUT2D eigenvalue weighted by molar-refractivity contribution is 0.102. The molecular weight excluding hydrogens is 512 g/mol. The van der Waals surface area contributed by atoms with Crippen LogP contribution in [0.5, 0.6) is 17.2 Å². The molecule has 0 radical (unpaired) electrons. The molecule has 5 rings (SSSR count). The maximum atomic E-state index is 13.0. The monoisotopic (exact) mass is 542 g/mol. The fourth-order valence-electron chi connectivity index (χ4n) is 4.21. The number of carbonyl (C=O) groups is 3. The van der Waals surface area contributed by atoms with E-state index in [1.807, 2.05) is 19.1 Å². The van der Waals surface area contributed by atoms with Crippen LogP contribution in [0.3, 0.4) is 0 Å². The zero-order valence-corrected chi connectivity index (χ0v) is 22.1. The lowest BCUT2D eigenvalue weighted by Crippen LogP contribution is -2.04. The summed E-state index contributed by atoms with van der Waals surface area (Å²) >= 11 is 0. The lowest BCUT2D eigenvalue weighted by Gasteiger charge is -2.08. The van der Waals surface area contributed by atoms with Crippen LogP contribution in [0.2, 0.25) is 0 Å². The minimum atomic E-state index is -0.151. The Hall–Kier alpha value is -5.29. The van der Waals surface area contributed by atoms with Crippen LogP contribution in [-0.2, 0) is 0 Å². The fraction of sp³-hybridized carbons (Fsp3) is 0.0833. The molecule has 204 valence electrons. The van der Waals surface area contributed by atoms with Crippen LogP contribution in [0.1, 0.15) is 60.8 Å². The number of ether oxygens (including phenoxy) is 2. The largest absolute Gasteiger partial charge is 0.497 e. The van der Waals surface area contributed by atoms with E-state index in [0.717, 1.165) is 5.56 Å².